The summed E-state index contributed by atoms with van der Waals surface area (Å²) in [5.74, 6) is -1.83. The molecule has 0 radical (unpaired) electrons. The van der Waals surface area contributed by atoms with E-state index in [4.69, 9.17) is 9.63 Å². The molecular weight excluding hydrogens is 419 g/mol. The fraction of sp³-hybridized carbons (Fsp3) is 0.318. The summed E-state index contributed by atoms with van der Waals surface area (Å²) in [6, 6.07) is 8.83. The van der Waals surface area contributed by atoms with Crippen LogP contribution >= 0.6 is 0 Å². The number of nitro benzene ring substituents is 1. The van der Waals surface area contributed by atoms with Gasteiger partial charge in [0.1, 0.15) is 11.5 Å². The molecule has 0 saturated carbocycles. The third kappa shape index (κ3) is 4.29. The number of carboxylic acids is 1. The molecule has 1 aromatic heterocycles. The van der Waals surface area contributed by atoms with Gasteiger partial charge >= 0.3 is 5.97 Å². The van der Waals surface area contributed by atoms with Gasteiger partial charge in [-0.2, -0.15) is 4.98 Å². The maximum atomic E-state index is 13.9. The molecule has 4 rings (SSSR count). The van der Waals surface area contributed by atoms with Crippen LogP contribution in [0.25, 0.3) is 11.5 Å². The van der Waals surface area contributed by atoms with Crippen molar-refractivity contribution < 1.29 is 23.7 Å². The van der Waals surface area contributed by atoms with Crippen LogP contribution < -0.4 is 4.90 Å². The smallest absolute Gasteiger partial charge is 0.338 e. The first-order valence-corrected chi connectivity index (χ1v) is 10.2. The zero-order valence-electron chi connectivity index (χ0n) is 17.3. The molecule has 1 aliphatic rings. The molecule has 0 spiro atoms. The number of nitrogens with zero attached hydrogens (tertiary/aromatic N) is 4. The topological polar surface area (TPSA) is 123 Å². The maximum Gasteiger partial charge on any atom is 0.338 e. The van der Waals surface area contributed by atoms with E-state index in [0.717, 1.165) is 31.9 Å². The van der Waals surface area contributed by atoms with Crippen molar-refractivity contribution in [1.29, 1.82) is 0 Å². The molecule has 1 atom stereocenters. The molecule has 32 heavy (non-hydrogen) atoms. The molecule has 1 fully saturated rings. The Morgan fingerprint density at radius 2 is 2.12 bits per heavy atom. The third-order valence-corrected chi connectivity index (χ3v) is 5.63. The van der Waals surface area contributed by atoms with E-state index in [2.05, 4.69) is 22.0 Å². The van der Waals surface area contributed by atoms with Crippen molar-refractivity contribution in [3.63, 3.8) is 0 Å². The largest absolute Gasteiger partial charge is 0.478 e. The Bertz CT molecular complexity index is 1180. The maximum absolute atomic E-state index is 13.9. The van der Waals surface area contributed by atoms with E-state index in [-0.39, 0.29) is 29.9 Å². The van der Waals surface area contributed by atoms with E-state index < -0.39 is 22.3 Å². The summed E-state index contributed by atoms with van der Waals surface area (Å²) in [5, 5.41) is 24.5. The van der Waals surface area contributed by atoms with Gasteiger partial charge in [-0.1, -0.05) is 11.2 Å². The van der Waals surface area contributed by atoms with Crippen LogP contribution in [0.1, 0.15) is 47.9 Å². The summed E-state index contributed by atoms with van der Waals surface area (Å²) in [6.07, 6.45) is 3.20. The lowest BCUT2D eigenvalue weighted by Gasteiger charge is -2.35. The van der Waals surface area contributed by atoms with Crippen LogP contribution in [0.2, 0.25) is 0 Å². The Hall–Kier alpha value is -3.82. The number of nitro groups is 1. The highest BCUT2D eigenvalue weighted by Crippen LogP contribution is 2.36. The van der Waals surface area contributed by atoms with Gasteiger partial charge in [-0.3, -0.25) is 10.1 Å². The molecule has 0 amide bonds. The van der Waals surface area contributed by atoms with Crippen LogP contribution in [0, 0.1) is 15.9 Å². The molecule has 1 N–H and O–H groups in total. The van der Waals surface area contributed by atoms with Gasteiger partial charge in [-0.05, 0) is 56.0 Å². The summed E-state index contributed by atoms with van der Waals surface area (Å²) in [6.45, 7) is 2.83. The first-order valence-electron chi connectivity index (χ1n) is 10.2. The van der Waals surface area contributed by atoms with Gasteiger partial charge in [0, 0.05) is 30.6 Å². The molecule has 10 heteroatoms. The molecule has 0 aliphatic carbocycles. The predicted octanol–water partition coefficient (Wildman–Crippen LogP) is 4.45. The molecule has 9 nitrogen and oxygen atoms in total. The lowest BCUT2D eigenvalue weighted by molar-refractivity contribution is -0.384. The van der Waals surface area contributed by atoms with Crippen molar-refractivity contribution in [3.05, 3.63) is 69.3 Å². The second-order valence-corrected chi connectivity index (χ2v) is 7.81. The van der Waals surface area contributed by atoms with E-state index in [9.17, 15) is 19.3 Å². The van der Waals surface area contributed by atoms with E-state index in [1.165, 1.54) is 18.2 Å². The van der Waals surface area contributed by atoms with Crippen molar-refractivity contribution >= 4 is 17.3 Å². The zero-order valence-corrected chi connectivity index (χ0v) is 17.3. The van der Waals surface area contributed by atoms with Crippen LogP contribution in [0.15, 0.2) is 40.9 Å². The monoisotopic (exact) mass is 440 g/mol. The number of anilines is 1. The van der Waals surface area contributed by atoms with Crippen LogP contribution in [0.5, 0.6) is 0 Å². The number of piperidine rings is 1. The number of aromatic nitrogens is 2. The average molecular weight is 440 g/mol. The number of hydrogen-bond acceptors (Lipinski definition) is 7. The number of benzene rings is 2. The summed E-state index contributed by atoms with van der Waals surface area (Å²) >= 11 is 0. The molecular formula is C22H21FN4O5. The standard InChI is InChI=1S/C22H21FN4O5/c1-13-4-2-3-9-26(13)18-8-6-15(12-19(18)27(30)31)21-24-20(25-32-21)11-14-5-7-16(22(28)29)17(23)10-14/h5-8,10,12-13H,2-4,9,11H2,1H3,(H,28,29). The Morgan fingerprint density at radius 3 is 2.81 bits per heavy atom. The minimum Gasteiger partial charge on any atom is -0.478 e. The summed E-state index contributed by atoms with van der Waals surface area (Å²) in [7, 11) is 0. The van der Waals surface area contributed by atoms with Gasteiger partial charge in [0.05, 0.1) is 10.5 Å². The van der Waals surface area contributed by atoms with Crippen LogP contribution in [0.3, 0.4) is 0 Å². The number of halogens is 1. The van der Waals surface area contributed by atoms with E-state index in [1.54, 1.807) is 12.1 Å². The minimum absolute atomic E-state index is 0.0256. The Kier molecular flexibility index (Phi) is 5.85. The Labute approximate surface area is 182 Å². The zero-order chi connectivity index (χ0) is 22.8. The summed E-state index contributed by atoms with van der Waals surface area (Å²) < 4.78 is 19.2. The van der Waals surface area contributed by atoms with Crippen molar-refractivity contribution in [2.45, 2.75) is 38.6 Å². The van der Waals surface area contributed by atoms with Gasteiger partial charge in [-0.15, -0.1) is 0 Å². The van der Waals surface area contributed by atoms with Crippen molar-refractivity contribution in [1.82, 2.24) is 10.1 Å². The summed E-state index contributed by atoms with van der Waals surface area (Å²) in [4.78, 5) is 28.6. The number of rotatable bonds is 6. The van der Waals surface area contributed by atoms with Gasteiger partial charge in [0.2, 0.25) is 0 Å². The number of aromatic carboxylic acids is 1. The SMILES string of the molecule is CC1CCCCN1c1ccc(-c2nc(Cc3ccc(C(=O)O)c(F)c3)no2)cc1[N+](=O)[O-]. The molecule has 1 unspecified atom stereocenters. The summed E-state index contributed by atoms with van der Waals surface area (Å²) in [5.41, 5.74) is 1.01. The van der Waals surface area contributed by atoms with Crippen LogP contribution in [-0.2, 0) is 6.42 Å². The van der Waals surface area contributed by atoms with E-state index in [0.29, 0.717) is 16.8 Å². The normalized spacial score (nSPS) is 16.2. The highest BCUT2D eigenvalue weighted by atomic mass is 19.1. The molecule has 2 aromatic carbocycles. The fourth-order valence-corrected chi connectivity index (χ4v) is 3.97. The second kappa shape index (κ2) is 8.74. The van der Waals surface area contributed by atoms with Crippen molar-refractivity contribution in [2.75, 3.05) is 11.4 Å². The fourth-order valence-electron chi connectivity index (χ4n) is 3.97. The number of carboxylic acid groups (broad SMARTS) is 1. The predicted molar refractivity (Wildman–Crippen MR) is 113 cm³/mol. The van der Waals surface area contributed by atoms with Crippen LogP contribution in [0.4, 0.5) is 15.8 Å². The quantitative estimate of drug-likeness (QED) is 0.440. The molecule has 0 bridgehead atoms. The molecule has 3 aromatic rings. The molecule has 1 aliphatic heterocycles. The van der Waals surface area contributed by atoms with E-state index >= 15 is 0 Å². The van der Waals surface area contributed by atoms with Crippen molar-refractivity contribution in [3.8, 4) is 11.5 Å². The first kappa shape index (κ1) is 21.4. The van der Waals surface area contributed by atoms with Gasteiger partial charge in [-0.25, -0.2) is 9.18 Å². The molecule has 1 saturated heterocycles. The highest BCUT2D eigenvalue weighted by Gasteiger charge is 2.27. The molecule has 166 valence electrons. The second-order valence-electron chi connectivity index (χ2n) is 7.81. The minimum atomic E-state index is -1.35. The number of carbonyl (C=O) groups is 1. The highest BCUT2D eigenvalue weighted by molar-refractivity contribution is 5.87. The first-order chi connectivity index (χ1) is 15.3. The van der Waals surface area contributed by atoms with E-state index in [1.807, 2.05) is 0 Å². The van der Waals surface area contributed by atoms with Crippen molar-refractivity contribution in [2.24, 2.45) is 0 Å². The lowest BCUT2D eigenvalue weighted by Crippen LogP contribution is -2.37. The Balaban J connectivity index is 1.58. The lowest BCUT2D eigenvalue weighted by atomic mass is 10.0. The van der Waals surface area contributed by atoms with Gasteiger partial charge < -0.3 is 14.5 Å². The van der Waals surface area contributed by atoms with Gasteiger partial charge in [0.25, 0.3) is 11.6 Å². The van der Waals surface area contributed by atoms with Gasteiger partial charge in [0.15, 0.2) is 5.82 Å². The molecule has 2 heterocycles. The Morgan fingerprint density at radius 1 is 1.31 bits per heavy atom. The average Bonchev–Trinajstić information content (AvgIpc) is 3.22. The third-order valence-electron chi connectivity index (χ3n) is 5.63. The van der Waals surface area contributed by atoms with Crippen LogP contribution in [-0.4, -0.2) is 38.7 Å². The number of hydrogen-bond donors (Lipinski definition) is 1.